The Morgan fingerprint density at radius 3 is 2.62 bits per heavy atom. The Labute approximate surface area is 123 Å². The average molecular weight is 289 g/mol. The molecule has 5 nitrogen and oxygen atoms in total. The van der Waals surface area contributed by atoms with Crippen LogP contribution in [0.3, 0.4) is 0 Å². The topological polar surface area (TPSA) is 75.6 Å². The molecule has 5 heteroatoms. The summed E-state index contributed by atoms with van der Waals surface area (Å²) in [5.74, 6) is -0.927. The first-order chi connectivity index (χ1) is 10.1. The van der Waals surface area contributed by atoms with Gasteiger partial charge in [0.05, 0.1) is 18.9 Å². The van der Waals surface area contributed by atoms with E-state index in [9.17, 15) is 14.7 Å². The maximum atomic E-state index is 12.5. The maximum Gasteiger partial charge on any atom is 0.307 e. The molecule has 0 aromatic heterocycles. The lowest BCUT2D eigenvalue weighted by atomic mass is 9.78. The Hall–Kier alpha value is -2.04. The van der Waals surface area contributed by atoms with Crippen LogP contribution < -0.4 is 10.1 Å². The van der Waals surface area contributed by atoms with E-state index in [1.54, 1.807) is 31.4 Å². The van der Waals surface area contributed by atoms with Gasteiger partial charge in [-0.05, 0) is 43.2 Å². The minimum absolute atomic E-state index is 0.161. The molecule has 2 aliphatic carbocycles. The number of aliphatic carboxylic acids is 1. The van der Waals surface area contributed by atoms with Crippen molar-refractivity contribution in [2.75, 3.05) is 12.4 Å². The number of hydrogen-bond acceptors (Lipinski definition) is 3. The van der Waals surface area contributed by atoms with Gasteiger partial charge >= 0.3 is 5.97 Å². The van der Waals surface area contributed by atoms with E-state index in [4.69, 9.17) is 4.74 Å². The van der Waals surface area contributed by atoms with Crippen molar-refractivity contribution in [2.24, 2.45) is 23.7 Å². The molecule has 4 atom stereocenters. The van der Waals surface area contributed by atoms with Crippen LogP contribution in [0.2, 0.25) is 0 Å². The van der Waals surface area contributed by atoms with Gasteiger partial charge in [0.2, 0.25) is 5.91 Å². The number of amides is 1. The molecule has 0 aliphatic heterocycles. The fourth-order valence-corrected chi connectivity index (χ4v) is 3.95. The van der Waals surface area contributed by atoms with Crippen molar-refractivity contribution in [3.8, 4) is 5.75 Å². The summed E-state index contributed by atoms with van der Waals surface area (Å²) in [6.07, 6.45) is 2.77. The maximum absolute atomic E-state index is 12.5. The van der Waals surface area contributed by atoms with Crippen LogP contribution in [0.15, 0.2) is 24.3 Å². The van der Waals surface area contributed by atoms with E-state index in [0.717, 1.165) is 19.3 Å². The number of carbonyl (C=O) groups excluding carboxylic acids is 1. The summed E-state index contributed by atoms with van der Waals surface area (Å²) in [6.45, 7) is 0. The van der Waals surface area contributed by atoms with E-state index >= 15 is 0 Å². The standard InChI is InChI=1S/C16H19NO4/c1-21-12-4-2-3-11(8-12)17-15(18)13-9-5-6-10(7-9)14(13)16(19)20/h2-4,8-10,13-14H,5-7H2,1H3,(H,17,18)(H,19,20). The Bertz CT molecular complexity index is 571. The molecule has 0 spiro atoms. The van der Waals surface area contributed by atoms with Crippen molar-refractivity contribution in [3.05, 3.63) is 24.3 Å². The molecule has 1 aromatic rings. The van der Waals surface area contributed by atoms with Gasteiger partial charge in [-0.25, -0.2) is 0 Å². The van der Waals surface area contributed by atoms with E-state index in [-0.39, 0.29) is 17.7 Å². The Kier molecular flexibility index (Phi) is 3.57. The normalized spacial score (nSPS) is 30.1. The van der Waals surface area contributed by atoms with Gasteiger partial charge in [0, 0.05) is 11.8 Å². The first-order valence-corrected chi connectivity index (χ1v) is 7.28. The number of methoxy groups -OCH3 is 1. The molecule has 112 valence electrons. The molecule has 2 bridgehead atoms. The van der Waals surface area contributed by atoms with Crippen LogP contribution in [-0.2, 0) is 9.59 Å². The van der Waals surface area contributed by atoms with Crippen LogP contribution >= 0.6 is 0 Å². The molecule has 0 saturated heterocycles. The highest BCUT2D eigenvalue weighted by Gasteiger charge is 2.53. The van der Waals surface area contributed by atoms with E-state index < -0.39 is 17.8 Å². The first-order valence-electron chi connectivity index (χ1n) is 7.28. The summed E-state index contributed by atoms with van der Waals surface area (Å²) in [7, 11) is 1.57. The number of hydrogen-bond donors (Lipinski definition) is 2. The summed E-state index contributed by atoms with van der Waals surface area (Å²) < 4.78 is 5.13. The highest BCUT2D eigenvalue weighted by atomic mass is 16.5. The first kappa shape index (κ1) is 13.9. The van der Waals surface area contributed by atoms with Gasteiger partial charge in [0.25, 0.3) is 0 Å². The SMILES string of the molecule is COc1cccc(NC(=O)C2C3CCC(C3)C2C(=O)O)c1. The predicted molar refractivity (Wildman–Crippen MR) is 77.1 cm³/mol. The summed E-state index contributed by atoms with van der Waals surface area (Å²) >= 11 is 0. The Balaban J connectivity index is 1.76. The van der Waals surface area contributed by atoms with Gasteiger partial charge in [-0.3, -0.25) is 9.59 Å². The van der Waals surface area contributed by atoms with Gasteiger partial charge in [0.1, 0.15) is 5.75 Å². The molecule has 2 saturated carbocycles. The van der Waals surface area contributed by atoms with Crippen molar-refractivity contribution < 1.29 is 19.4 Å². The highest BCUT2D eigenvalue weighted by molar-refractivity contribution is 5.96. The number of anilines is 1. The molecule has 0 radical (unpaired) electrons. The van der Waals surface area contributed by atoms with Gasteiger partial charge in [-0.1, -0.05) is 6.07 Å². The van der Waals surface area contributed by atoms with E-state index in [2.05, 4.69) is 5.32 Å². The monoisotopic (exact) mass is 289 g/mol. The number of benzene rings is 1. The number of fused-ring (bicyclic) bond motifs is 2. The zero-order valence-electron chi connectivity index (χ0n) is 11.9. The molecule has 2 fully saturated rings. The van der Waals surface area contributed by atoms with E-state index in [0.29, 0.717) is 11.4 Å². The van der Waals surface area contributed by atoms with Crippen LogP contribution in [0.4, 0.5) is 5.69 Å². The van der Waals surface area contributed by atoms with E-state index in [1.807, 2.05) is 0 Å². The summed E-state index contributed by atoms with van der Waals surface area (Å²) in [4.78, 5) is 24.0. The largest absolute Gasteiger partial charge is 0.497 e. The zero-order chi connectivity index (χ0) is 15.0. The molecule has 4 unspecified atom stereocenters. The lowest BCUT2D eigenvalue weighted by Crippen LogP contribution is -2.37. The summed E-state index contributed by atoms with van der Waals surface area (Å²) in [6, 6.07) is 7.11. The van der Waals surface area contributed by atoms with Crippen molar-refractivity contribution in [1.82, 2.24) is 0 Å². The molecular formula is C16H19NO4. The number of carbonyl (C=O) groups is 2. The number of carboxylic acid groups (broad SMARTS) is 1. The van der Waals surface area contributed by atoms with E-state index in [1.165, 1.54) is 0 Å². The quantitative estimate of drug-likeness (QED) is 0.892. The molecule has 1 aromatic carbocycles. The number of nitrogens with one attached hydrogen (secondary N) is 1. The molecule has 3 rings (SSSR count). The minimum atomic E-state index is -0.840. The fourth-order valence-electron chi connectivity index (χ4n) is 3.95. The summed E-state index contributed by atoms with van der Waals surface area (Å²) in [5, 5.41) is 12.2. The van der Waals surface area contributed by atoms with Gasteiger partial charge in [-0.15, -0.1) is 0 Å². The van der Waals surface area contributed by atoms with Gasteiger partial charge in [-0.2, -0.15) is 0 Å². The van der Waals surface area contributed by atoms with Gasteiger partial charge < -0.3 is 15.2 Å². The lowest BCUT2D eigenvalue weighted by Gasteiger charge is -2.27. The van der Waals surface area contributed by atoms with Crippen LogP contribution in [0.25, 0.3) is 0 Å². The average Bonchev–Trinajstić information content (AvgIpc) is 3.07. The molecule has 21 heavy (non-hydrogen) atoms. The number of ether oxygens (including phenoxy) is 1. The molecular weight excluding hydrogens is 270 g/mol. The third-order valence-electron chi connectivity index (χ3n) is 4.84. The second-order valence-electron chi connectivity index (χ2n) is 5.94. The molecule has 2 aliphatic rings. The third kappa shape index (κ3) is 2.48. The third-order valence-corrected chi connectivity index (χ3v) is 4.84. The number of rotatable bonds is 4. The molecule has 2 N–H and O–H groups in total. The van der Waals surface area contributed by atoms with Crippen LogP contribution in [0.1, 0.15) is 19.3 Å². The van der Waals surface area contributed by atoms with Crippen molar-refractivity contribution >= 4 is 17.6 Å². The molecule has 0 heterocycles. The predicted octanol–water partition coefficient (Wildman–Crippen LogP) is 2.38. The van der Waals surface area contributed by atoms with Gasteiger partial charge in [0.15, 0.2) is 0 Å². The van der Waals surface area contributed by atoms with Crippen LogP contribution in [0.5, 0.6) is 5.75 Å². The Morgan fingerprint density at radius 1 is 1.24 bits per heavy atom. The number of carboxylic acids is 1. The summed E-state index contributed by atoms with van der Waals surface area (Å²) in [5.41, 5.74) is 0.645. The second kappa shape index (κ2) is 5.39. The van der Waals surface area contributed by atoms with Crippen molar-refractivity contribution in [3.63, 3.8) is 0 Å². The minimum Gasteiger partial charge on any atom is -0.497 e. The van der Waals surface area contributed by atoms with Crippen molar-refractivity contribution in [2.45, 2.75) is 19.3 Å². The molecule has 1 amide bonds. The zero-order valence-corrected chi connectivity index (χ0v) is 11.9. The Morgan fingerprint density at radius 2 is 1.95 bits per heavy atom. The lowest BCUT2D eigenvalue weighted by molar-refractivity contribution is -0.148. The van der Waals surface area contributed by atoms with Crippen molar-refractivity contribution in [1.29, 1.82) is 0 Å². The highest BCUT2D eigenvalue weighted by Crippen LogP contribution is 2.52. The van der Waals surface area contributed by atoms with Crippen LogP contribution in [-0.4, -0.2) is 24.1 Å². The van der Waals surface area contributed by atoms with Crippen LogP contribution in [0, 0.1) is 23.7 Å². The fraction of sp³-hybridized carbons (Fsp3) is 0.500. The smallest absolute Gasteiger partial charge is 0.307 e. The second-order valence-corrected chi connectivity index (χ2v) is 5.94.